The van der Waals surface area contributed by atoms with Crippen molar-refractivity contribution >= 4 is 28.5 Å². The predicted octanol–water partition coefficient (Wildman–Crippen LogP) is 6.84. The minimum Gasteiger partial charge on any atom is -0.363 e. The quantitative estimate of drug-likeness (QED) is 0.0930. The number of imidazole rings is 1. The van der Waals surface area contributed by atoms with E-state index in [2.05, 4.69) is 84.9 Å². The van der Waals surface area contributed by atoms with Crippen molar-refractivity contribution in [1.29, 1.82) is 0 Å². The van der Waals surface area contributed by atoms with Crippen molar-refractivity contribution in [3.8, 4) is 22.5 Å². The van der Waals surface area contributed by atoms with E-state index in [1.165, 1.54) is 5.56 Å². The second kappa shape index (κ2) is 14.7. The van der Waals surface area contributed by atoms with Crippen molar-refractivity contribution in [1.82, 2.24) is 35.1 Å². The zero-order valence-corrected chi connectivity index (χ0v) is 27.4. The molecule has 0 spiro atoms. The van der Waals surface area contributed by atoms with Gasteiger partial charge in [0.2, 0.25) is 5.91 Å². The van der Waals surface area contributed by atoms with Crippen LogP contribution in [0.15, 0.2) is 73.2 Å². The van der Waals surface area contributed by atoms with Crippen LogP contribution in [0.2, 0.25) is 0 Å². The summed E-state index contributed by atoms with van der Waals surface area (Å²) in [5.41, 5.74) is 5.85. The number of carbonyl (C=O) groups excluding carboxylic acids is 2. The van der Waals surface area contributed by atoms with Gasteiger partial charge in [-0.1, -0.05) is 74.4 Å². The highest BCUT2D eigenvalue weighted by molar-refractivity contribution is 5.91. The summed E-state index contributed by atoms with van der Waals surface area (Å²) in [7, 11) is 2.03. The molecule has 0 aliphatic carbocycles. The average Bonchev–Trinajstić information content (AvgIpc) is 3.75. The lowest BCUT2D eigenvalue weighted by molar-refractivity contribution is -0.130. The fraction of sp³-hybridized carbons (Fsp3) is 0.378. The van der Waals surface area contributed by atoms with Gasteiger partial charge in [0.1, 0.15) is 29.4 Å². The number of anilines is 1. The van der Waals surface area contributed by atoms with Crippen LogP contribution in [-0.2, 0) is 9.59 Å². The maximum Gasteiger partial charge on any atom is 0.226 e. The van der Waals surface area contributed by atoms with Gasteiger partial charge in [-0.25, -0.2) is 15.0 Å². The number of hydrogen-bond donors (Lipinski definition) is 4. The van der Waals surface area contributed by atoms with Crippen molar-refractivity contribution < 1.29 is 9.59 Å². The van der Waals surface area contributed by atoms with E-state index in [-0.39, 0.29) is 23.9 Å². The lowest BCUT2D eigenvalue weighted by atomic mass is 9.98. The molecule has 2 atom stereocenters. The summed E-state index contributed by atoms with van der Waals surface area (Å²) in [4.78, 5) is 47.5. The molecule has 1 amide bonds. The number of benzene rings is 2. The van der Waals surface area contributed by atoms with Gasteiger partial charge in [-0.05, 0) is 49.6 Å². The molecule has 3 aromatic heterocycles. The van der Waals surface area contributed by atoms with Crippen LogP contribution in [0, 0.1) is 5.92 Å². The molecule has 4 heterocycles. The van der Waals surface area contributed by atoms with E-state index < -0.39 is 0 Å². The molecule has 1 aliphatic rings. The van der Waals surface area contributed by atoms with Gasteiger partial charge in [0.05, 0.1) is 29.2 Å². The molecule has 47 heavy (non-hydrogen) atoms. The largest absolute Gasteiger partial charge is 0.363 e. The Balaban J connectivity index is 1.14. The molecule has 0 saturated carbocycles. The molecule has 1 aliphatic heterocycles. The number of amides is 1. The van der Waals surface area contributed by atoms with Gasteiger partial charge < -0.3 is 25.5 Å². The number of H-pyrrole nitrogens is 2. The van der Waals surface area contributed by atoms with Crippen LogP contribution >= 0.6 is 0 Å². The molecule has 2 aromatic carbocycles. The van der Waals surface area contributed by atoms with E-state index in [4.69, 9.17) is 4.98 Å². The van der Waals surface area contributed by atoms with Crippen molar-refractivity contribution in [3.05, 3.63) is 84.6 Å². The monoisotopic (exact) mass is 632 g/mol. The van der Waals surface area contributed by atoms with E-state index in [9.17, 15) is 9.59 Å². The lowest BCUT2D eigenvalue weighted by Crippen LogP contribution is -2.52. The zero-order chi connectivity index (χ0) is 32.8. The first-order chi connectivity index (χ1) is 22.9. The Bertz CT molecular complexity index is 1790. The number of unbranched alkanes of at least 4 members (excludes halogenated alkanes) is 2. The third kappa shape index (κ3) is 7.77. The van der Waals surface area contributed by atoms with E-state index in [0.29, 0.717) is 18.6 Å². The van der Waals surface area contributed by atoms with Crippen LogP contribution in [0.5, 0.6) is 0 Å². The molecular weight excluding hydrogens is 588 g/mol. The van der Waals surface area contributed by atoms with Gasteiger partial charge in [-0.3, -0.25) is 9.59 Å². The maximum absolute atomic E-state index is 13.0. The molecule has 10 heteroatoms. The molecule has 1 fully saturated rings. The van der Waals surface area contributed by atoms with E-state index in [1.807, 2.05) is 38.4 Å². The van der Waals surface area contributed by atoms with Crippen LogP contribution in [0.1, 0.15) is 75.8 Å². The smallest absolute Gasteiger partial charge is 0.226 e. The van der Waals surface area contributed by atoms with Crippen molar-refractivity contribution in [2.75, 3.05) is 25.5 Å². The van der Waals surface area contributed by atoms with Crippen LogP contribution in [0.3, 0.4) is 0 Å². The number of ketones is 1. The Morgan fingerprint density at radius 3 is 2.40 bits per heavy atom. The molecule has 6 rings (SSSR count). The SMILES string of the molecule is CCC(=O)CCCCC[C@H](NC(=O)C1CN(C)C1)c1ncc(-c2ccc(-c3cc4c(N[C@H](C)c5ccccc5)ncnc4[nH]3)cc2)[nH]1. The normalized spacial score (nSPS) is 14.9. The van der Waals surface area contributed by atoms with Crippen LogP contribution in [0.25, 0.3) is 33.5 Å². The van der Waals surface area contributed by atoms with Gasteiger partial charge in [0, 0.05) is 37.7 Å². The number of likely N-dealkylation sites (tertiary alicyclic amines) is 1. The van der Waals surface area contributed by atoms with Crippen molar-refractivity contribution in [2.45, 2.75) is 64.5 Å². The second-order valence-electron chi connectivity index (χ2n) is 12.7. The molecular formula is C37H44N8O2. The Morgan fingerprint density at radius 2 is 1.68 bits per heavy atom. The van der Waals surface area contributed by atoms with Crippen LogP contribution in [-0.4, -0.2) is 61.6 Å². The topological polar surface area (TPSA) is 132 Å². The maximum atomic E-state index is 13.0. The molecule has 1 saturated heterocycles. The fourth-order valence-electron chi connectivity index (χ4n) is 6.19. The van der Waals surface area contributed by atoms with Crippen LogP contribution < -0.4 is 10.6 Å². The first kappa shape index (κ1) is 32.1. The number of aromatic nitrogens is 5. The third-order valence-electron chi connectivity index (χ3n) is 9.11. The Kier molecular flexibility index (Phi) is 10.1. The van der Waals surface area contributed by atoms with Crippen LogP contribution in [0.4, 0.5) is 5.82 Å². The number of fused-ring (bicyclic) bond motifs is 1. The molecule has 0 unspecified atom stereocenters. The van der Waals surface area contributed by atoms with Crippen molar-refractivity contribution in [2.24, 2.45) is 5.92 Å². The summed E-state index contributed by atoms with van der Waals surface area (Å²) in [5, 5.41) is 7.73. The summed E-state index contributed by atoms with van der Waals surface area (Å²) in [5.74, 6) is 1.94. The number of nitrogens with one attached hydrogen (secondary N) is 4. The second-order valence-corrected chi connectivity index (χ2v) is 12.7. The highest BCUT2D eigenvalue weighted by Gasteiger charge is 2.31. The van der Waals surface area contributed by atoms with Gasteiger partial charge in [-0.15, -0.1) is 0 Å². The Labute approximate surface area is 275 Å². The number of rotatable bonds is 15. The first-order valence-corrected chi connectivity index (χ1v) is 16.7. The third-order valence-corrected chi connectivity index (χ3v) is 9.11. The van der Waals surface area contributed by atoms with Gasteiger partial charge >= 0.3 is 0 Å². The molecule has 4 N–H and O–H groups in total. The highest BCUT2D eigenvalue weighted by atomic mass is 16.2. The molecule has 5 aromatic rings. The molecule has 0 bridgehead atoms. The minimum atomic E-state index is -0.205. The Morgan fingerprint density at radius 1 is 0.936 bits per heavy atom. The molecule has 244 valence electrons. The summed E-state index contributed by atoms with van der Waals surface area (Å²) in [6.07, 6.45) is 8.14. The van der Waals surface area contributed by atoms with Gasteiger partial charge in [0.15, 0.2) is 0 Å². The van der Waals surface area contributed by atoms with Gasteiger partial charge in [-0.2, -0.15) is 0 Å². The summed E-state index contributed by atoms with van der Waals surface area (Å²) < 4.78 is 0. The Hall–Kier alpha value is -4.83. The fourth-order valence-corrected chi connectivity index (χ4v) is 6.19. The zero-order valence-electron chi connectivity index (χ0n) is 27.4. The number of carbonyl (C=O) groups is 2. The average molecular weight is 633 g/mol. The predicted molar refractivity (Wildman–Crippen MR) is 186 cm³/mol. The summed E-state index contributed by atoms with van der Waals surface area (Å²) in [6, 6.07) is 20.6. The van der Waals surface area contributed by atoms with E-state index >= 15 is 0 Å². The number of Topliss-reactive ketones (excluding diaryl/α,β-unsaturated/α-hetero) is 1. The van der Waals surface area contributed by atoms with E-state index in [1.54, 1.807) is 6.33 Å². The molecule has 10 nitrogen and oxygen atoms in total. The van der Waals surface area contributed by atoms with Gasteiger partial charge in [0.25, 0.3) is 0 Å². The standard InChI is InChI=1S/C37H44N8O2/c1-4-29(46)13-9-6-10-14-31(44-37(47)28-21-45(3)22-28)36-38-20-33(43-36)27-17-15-26(16-18-27)32-19-30-34(39-23-40-35(30)42-32)41-24(2)25-11-7-5-8-12-25/h5,7-8,11-12,15-20,23-24,28,31H,4,6,9-10,13-14,21-22H2,1-3H3,(H,38,43)(H,44,47)(H2,39,40,41,42)/t24-,31+/m1/s1. The lowest BCUT2D eigenvalue weighted by Gasteiger charge is -2.35. The number of hydrogen-bond acceptors (Lipinski definition) is 7. The van der Waals surface area contributed by atoms with Crippen molar-refractivity contribution in [3.63, 3.8) is 0 Å². The number of nitrogens with zero attached hydrogens (tertiary/aromatic N) is 4. The summed E-state index contributed by atoms with van der Waals surface area (Å²) >= 11 is 0. The minimum absolute atomic E-state index is 0.0152. The summed E-state index contributed by atoms with van der Waals surface area (Å²) in [6.45, 7) is 5.59. The highest BCUT2D eigenvalue weighted by Crippen LogP contribution is 2.31. The number of aromatic amines is 2. The first-order valence-electron chi connectivity index (χ1n) is 16.7. The van der Waals surface area contributed by atoms with E-state index in [0.717, 1.165) is 84.0 Å². The molecule has 0 radical (unpaired) electrons.